The number of rotatable bonds is 4. The summed E-state index contributed by atoms with van der Waals surface area (Å²) in [6, 6.07) is 12.6. The Bertz CT molecular complexity index is 736. The highest BCUT2D eigenvalue weighted by Crippen LogP contribution is 2.43. The Hall–Kier alpha value is -1.85. The molecule has 1 atom stereocenters. The topological polar surface area (TPSA) is 38.8 Å². The molecule has 0 aromatic heterocycles. The van der Waals surface area contributed by atoms with Crippen molar-refractivity contribution in [1.29, 1.82) is 0 Å². The van der Waals surface area contributed by atoms with Crippen LogP contribution in [-0.4, -0.2) is 37.3 Å². The second kappa shape index (κ2) is 7.36. The van der Waals surface area contributed by atoms with Crippen molar-refractivity contribution in [3.63, 3.8) is 0 Å². The van der Waals surface area contributed by atoms with Crippen molar-refractivity contribution >= 4 is 29.3 Å². The van der Waals surface area contributed by atoms with Crippen molar-refractivity contribution in [3.05, 3.63) is 58.6 Å². The molecule has 0 bridgehead atoms. The molecule has 1 aliphatic rings. The van der Waals surface area contributed by atoms with Crippen molar-refractivity contribution < 1.29 is 14.3 Å². The third kappa shape index (κ3) is 3.32. The lowest BCUT2D eigenvalue weighted by Gasteiger charge is -2.26. The zero-order valence-corrected chi connectivity index (χ0v) is 15.1. The minimum absolute atomic E-state index is 0.00783. The summed E-state index contributed by atoms with van der Waals surface area (Å²) in [4.78, 5) is 14.8. The molecule has 0 spiro atoms. The molecule has 0 unspecified atom stereocenters. The van der Waals surface area contributed by atoms with Crippen molar-refractivity contribution in [1.82, 2.24) is 4.90 Å². The van der Waals surface area contributed by atoms with E-state index < -0.39 is 0 Å². The maximum Gasteiger partial charge on any atom is 0.255 e. The molecule has 2 aromatic carbocycles. The fourth-order valence-electron chi connectivity index (χ4n) is 2.73. The van der Waals surface area contributed by atoms with Gasteiger partial charge in [-0.3, -0.25) is 4.79 Å². The highest BCUT2D eigenvalue weighted by Gasteiger charge is 2.33. The zero-order valence-electron chi connectivity index (χ0n) is 13.5. The van der Waals surface area contributed by atoms with Gasteiger partial charge in [0.05, 0.1) is 14.2 Å². The number of benzene rings is 2. The Balaban J connectivity index is 1.93. The van der Waals surface area contributed by atoms with E-state index in [2.05, 4.69) is 0 Å². The fraction of sp³-hybridized carbons (Fsp3) is 0.278. The van der Waals surface area contributed by atoms with Crippen molar-refractivity contribution in [2.75, 3.05) is 26.5 Å². The molecule has 1 fully saturated rings. The largest absolute Gasteiger partial charge is 0.497 e. The van der Waals surface area contributed by atoms with Gasteiger partial charge in [0.2, 0.25) is 0 Å². The minimum Gasteiger partial charge on any atom is -0.497 e. The Kier molecular flexibility index (Phi) is 5.21. The van der Waals surface area contributed by atoms with Gasteiger partial charge in [0.25, 0.3) is 5.91 Å². The summed E-state index contributed by atoms with van der Waals surface area (Å²) in [5.74, 6) is 2.37. The summed E-state index contributed by atoms with van der Waals surface area (Å²) in [7, 11) is 3.26. The van der Waals surface area contributed by atoms with E-state index in [9.17, 15) is 4.79 Å². The molecule has 126 valence electrons. The second-order valence-electron chi connectivity index (χ2n) is 5.34. The number of carbonyl (C=O) groups excluding carboxylic acids is 1. The summed E-state index contributed by atoms with van der Waals surface area (Å²) < 4.78 is 10.8. The van der Waals surface area contributed by atoms with E-state index in [4.69, 9.17) is 21.1 Å². The summed E-state index contributed by atoms with van der Waals surface area (Å²) in [5.41, 5.74) is 1.58. The van der Waals surface area contributed by atoms with E-state index in [1.54, 1.807) is 50.2 Å². The van der Waals surface area contributed by atoms with E-state index >= 15 is 0 Å². The van der Waals surface area contributed by atoms with Gasteiger partial charge in [-0.15, -0.1) is 11.8 Å². The van der Waals surface area contributed by atoms with Crippen molar-refractivity contribution in [2.24, 2.45) is 0 Å². The number of hydrogen-bond donors (Lipinski definition) is 0. The smallest absolute Gasteiger partial charge is 0.255 e. The molecule has 1 aliphatic heterocycles. The van der Waals surface area contributed by atoms with E-state index in [1.165, 1.54) is 0 Å². The van der Waals surface area contributed by atoms with Crippen molar-refractivity contribution in [2.45, 2.75) is 5.37 Å². The quantitative estimate of drug-likeness (QED) is 0.814. The molecule has 0 saturated carbocycles. The number of halogens is 1. The van der Waals surface area contributed by atoms with Crippen LogP contribution in [0, 0.1) is 0 Å². The van der Waals surface area contributed by atoms with Crippen LogP contribution < -0.4 is 9.47 Å². The van der Waals surface area contributed by atoms with Gasteiger partial charge in [0.15, 0.2) is 0 Å². The number of amides is 1. The van der Waals surface area contributed by atoms with Gasteiger partial charge in [-0.05, 0) is 42.5 Å². The fourth-order valence-corrected chi connectivity index (χ4v) is 4.12. The monoisotopic (exact) mass is 363 g/mol. The number of nitrogens with zero attached hydrogens (tertiary/aromatic N) is 1. The highest BCUT2D eigenvalue weighted by atomic mass is 35.5. The molecular weight excluding hydrogens is 346 g/mol. The molecule has 0 N–H and O–H groups in total. The Labute approximate surface area is 150 Å². The van der Waals surface area contributed by atoms with Crippen LogP contribution in [0.2, 0.25) is 5.02 Å². The molecular formula is C18H18ClNO3S. The average molecular weight is 364 g/mol. The van der Waals surface area contributed by atoms with Crippen LogP contribution >= 0.6 is 23.4 Å². The van der Waals surface area contributed by atoms with Crippen LogP contribution in [0.25, 0.3) is 0 Å². The Morgan fingerprint density at radius 3 is 2.58 bits per heavy atom. The number of methoxy groups -OCH3 is 2. The molecule has 4 nitrogen and oxygen atoms in total. The van der Waals surface area contributed by atoms with E-state index in [-0.39, 0.29) is 11.3 Å². The van der Waals surface area contributed by atoms with Crippen LogP contribution in [0.5, 0.6) is 11.5 Å². The minimum atomic E-state index is -0.0989. The zero-order chi connectivity index (χ0) is 17.1. The lowest BCUT2D eigenvalue weighted by atomic mass is 10.1. The molecule has 0 radical (unpaired) electrons. The first-order chi connectivity index (χ1) is 11.6. The number of ether oxygens (including phenoxy) is 2. The van der Waals surface area contributed by atoms with Crippen molar-refractivity contribution in [3.8, 4) is 11.5 Å². The first-order valence-corrected chi connectivity index (χ1v) is 8.97. The third-order valence-electron chi connectivity index (χ3n) is 3.95. The normalized spacial score (nSPS) is 17.0. The lowest BCUT2D eigenvalue weighted by molar-refractivity contribution is 0.0759. The number of hydrogen-bond acceptors (Lipinski definition) is 4. The Morgan fingerprint density at radius 1 is 1.17 bits per heavy atom. The second-order valence-corrected chi connectivity index (χ2v) is 6.96. The first-order valence-electron chi connectivity index (χ1n) is 7.54. The van der Waals surface area contributed by atoms with Gasteiger partial charge in [-0.2, -0.15) is 0 Å². The van der Waals surface area contributed by atoms with Gasteiger partial charge in [-0.25, -0.2) is 0 Å². The predicted molar refractivity (Wildman–Crippen MR) is 97.2 cm³/mol. The van der Waals surface area contributed by atoms with E-state index in [0.717, 1.165) is 22.8 Å². The van der Waals surface area contributed by atoms with Crippen LogP contribution in [-0.2, 0) is 0 Å². The summed E-state index contributed by atoms with van der Waals surface area (Å²) in [6.45, 7) is 0.692. The summed E-state index contributed by atoms with van der Waals surface area (Å²) in [6.07, 6.45) is 0. The third-order valence-corrected chi connectivity index (χ3v) is 5.44. The van der Waals surface area contributed by atoms with Gasteiger partial charge >= 0.3 is 0 Å². The average Bonchev–Trinajstić information content (AvgIpc) is 3.10. The summed E-state index contributed by atoms with van der Waals surface area (Å²) in [5, 5.41) is 0.520. The van der Waals surface area contributed by atoms with Crippen LogP contribution in [0.15, 0.2) is 42.5 Å². The molecule has 1 amide bonds. The lowest BCUT2D eigenvalue weighted by Crippen LogP contribution is -2.30. The molecule has 1 saturated heterocycles. The molecule has 24 heavy (non-hydrogen) atoms. The molecule has 6 heteroatoms. The first kappa shape index (κ1) is 17.0. The number of carbonyl (C=O) groups is 1. The van der Waals surface area contributed by atoms with Gasteiger partial charge < -0.3 is 14.4 Å². The van der Waals surface area contributed by atoms with E-state index in [1.807, 2.05) is 23.1 Å². The van der Waals surface area contributed by atoms with E-state index in [0.29, 0.717) is 17.1 Å². The Morgan fingerprint density at radius 2 is 1.92 bits per heavy atom. The van der Waals surface area contributed by atoms with Crippen LogP contribution in [0.3, 0.4) is 0 Å². The van der Waals surface area contributed by atoms with Crippen LogP contribution in [0.4, 0.5) is 0 Å². The highest BCUT2D eigenvalue weighted by molar-refractivity contribution is 7.99. The van der Waals surface area contributed by atoms with Crippen LogP contribution in [0.1, 0.15) is 21.3 Å². The molecule has 2 aromatic rings. The standard InChI is InChI=1S/C18H18ClNO3S/c1-22-14-7-8-16(23-2)15(11-14)18-20(9-10-24-18)17(21)12-3-5-13(19)6-4-12/h3-8,11,18H,9-10H2,1-2H3/t18-/m1/s1. The SMILES string of the molecule is COc1ccc(OC)c([C@H]2SCCN2C(=O)c2ccc(Cl)cc2)c1. The maximum atomic E-state index is 12.9. The molecule has 3 rings (SSSR count). The van der Waals surface area contributed by atoms with Gasteiger partial charge in [0.1, 0.15) is 16.9 Å². The van der Waals surface area contributed by atoms with Gasteiger partial charge in [-0.1, -0.05) is 11.6 Å². The van der Waals surface area contributed by atoms with Gasteiger partial charge in [0, 0.05) is 28.4 Å². The maximum absolute atomic E-state index is 12.9. The predicted octanol–water partition coefficient (Wildman–Crippen LogP) is 4.25. The molecule has 1 heterocycles. The molecule has 0 aliphatic carbocycles. The summed E-state index contributed by atoms with van der Waals surface area (Å²) >= 11 is 7.64. The number of thioether (sulfide) groups is 1.